The number of carbonyl (C=O) groups excluding carboxylic acids is 1. The van der Waals surface area contributed by atoms with Crippen LogP contribution in [0.4, 0.5) is 0 Å². The van der Waals surface area contributed by atoms with Crippen LogP contribution in [0.5, 0.6) is 0 Å². The number of aromatic nitrogens is 2. The van der Waals surface area contributed by atoms with Gasteiger partial charge in [-0.05, 0) is 6.07 Å². The number of benzene rings is 1. The number of nitrogens with zero attached hydrogens (tertiary/aromatic N) is 1. The fraction of sp³-hybridized carbons (Fsp3) is 0.0769. The van der Waals surface area contributed by atoms with Crippen LogP contribution < -0.4 is 11.5 Å². The van der Waals surface area contributed by atoms with Crippen LogP contribution in [0.3, 0.4) is 0 Å². The highest BCUT2D eigenvalue weighted by Gasteiger charge is 2.17. The predicted octanol–water partition coefficient (Wildman–Crippen LogP) is 1.93. The summed E-state index contributed by atoms with van der Waals surface area (Å²) in [5.74, 6) is -0.518. The molecule has 5 nitrogen and oxygen atoms in total. The summed E-state index contributed by atoms with van der Waals surface area (Å²) in [6, 6.07) is 5.49. The lowest BCUT2D eigenvalue weighted by atomic mass is 10.1. The van der Waals surface area contributed by atoms with Crippen molar-refractivity contribution in [3.63, 3.8) is 0 Å². The molecular weight excluding hydrogens is 264 g/mol. The minimum Gasteiger partial charge on any atom is -0.366 e. The Kier molecular flexibility index (Phi) is 2.66. The molecule has 0 radical (unpaired) electrons. The molecular formula is C13H11ClN4O. The van der Waals surface area contributed by atoms with Crippen LogP contribution in [-0.4, -0.2) is 15.9 Å². The fourth-order valence-corrected chi connectivity index (χ4v) is 2.47. The van der Waals surface area contributed by atoms with Crippen LogP contribution in [-0.2, 0) is 6.54 Å². The number of H-pyrrole nitrogens is 1. The summed E-state index contributed by atoms with van der Waals surface area (Å²) in [6.07, 6.45) is 1.79. The number of rotatable bonds is 2. The van der Waals surface area contributed by atoms with Crippen LogP contribution in [0.25, 0.3) is 21.7 Å². The van der Waals surface area contributed by atoms with Crippen molar-refractivity contribution in [3.8, 4) is 0 Å². The first-order chi connectivity index (χ1) is 9.11. The molecule has 1 aromatic carbocycles. The smallest absolute Gasteiger partial charge is 0.251 e. The summed E-state index contributed by atoms with van der Waals surface area (Å²) in [5.41, 5.74) is 12.6. The van der Waals surface area contributed by atoms with Crippen molar-refractivity contribution in [2.75, 3.05) is 0 Å². The summed E-state index contributed by atoms with van der Waals surface area (Å²) in [5, 5.41) is 3.03. The van der Waals surface area contributed by atoms with E-state index in [0.717, 1.165) is 10.8 Å². The molecule has 2 aromatic heterocycles. The minimum absolute atomic E-state index is 0.168. The first-order valence-corrected chi connectivity index (χ1v) is 6.08. The maximum absolute atomic E-state index is 11.6. The molecule has 0 saturated carbocycles. The molecule has 19 heavy (non-hydrogen) atoms. The maximum Gasteiger partial charge on any atom is 0.251 e. The molecule has 0 saturated heterocycles. The number of hydrogen-bond acceptors (Lipinski definition) is 3. The molecule has 0 unspecified atom stereocenters. The molecule has 0 aliphatic carbocycles. The van der Waals surface area contributed by atoms with Gasteiger partial charge in [-0.25, -0.2) is 4.98 Å². The summed E-state index contributed by atoms with van der Waals surface area (Å²) in [7, 11) is 0. The molecule has 0 aliphatic rings. The average molecular weight is 275 g/mol. The Morgan fingerprint density at radius 3 is 2.84 bits per heavy atom. The number of amides is 1. The predicted molar refractivity (Wildman–Crippen MR) is 75.0 cm³/mol. The summed E-state index contributed by atoms with van der Waals surface area (Å²) in [4.78, 5) is 18.9. The van der Waals surface area contributed by atoms with Gasteiger partial charge in [-0.1, -0.05) is 23.7 Å². The van der Waals surface area contributed by atoms with E-state index in [0.29, 0.717) is 27.3 Å². The zero-order chi connectivity index (χ0) is 13.6. The normalized spacial score (nSPS) is 11.3. The van der Waals surface area contributed by atoms with Crippen LogP contribution in [0.15, 0.2) is 24.4 Å². The number of halogens is 1. The van der Waals surface area contributed by atoms with E-state index in [-0.39, 0.29) is 6.54 Å². The highest BCUT2D eigenvalue weighted by atomic mass is 35.5. The number of hydrogen-bond donors (Lipinski definition) is 3. The highest BCUT2D eigenvalue weighted by molar-refractivity contribution is 6.30. The number of carbonyl (C=O) groups is 1. The van der Waals surface area contributed by atoms with Gasteiger partial charge < -0.3 is 16.5 Å². The standard InChI is InChI=1S/C13H11ClN4O/c14-10-3-8-6(5-17-10)1-2-7-11(13(16)19)9(4-15)18-12(7)8/h1-3,5,17H,4,15H2,(H2,16,19). The minimum atomic E-state index is -0.518. The molecule has 0 fully saturated rings. The Bertz CT molecular complexity index is 809. The van der Waals surface area contributed by atoms with Crippen molar-refractivity contribution < 1.29 is 4.79 Å². The fourth-order valence-electron chi connectivity index (χ4n) is 2.31. The van der Waals surface area contributed by atoms with Crippen molar-refractivity contribution in [3.05, 3.63) is 40.8 Å². The molecule has 6 heteroatoms. The Morgan fingerprint density at radius 1 is 1.37 bits per heavy atom. The largest absolute Gasteiger partial charge is 0.366 e. The lowest BCUT2D eigenvalue weighted by Crippen LogP contribution is -2.14. The number of fused-ring (bicyclic) bond motifs is 3. The molecule has 3 rings (SSSR count). The lowest BCUT2D eigenvalue weighted by molar-refractivity contribution is 0.100. The number of aromatic amines is 1. The third kappa shape index (κ3) is 1.75. The van der Waals surface area contributed by atoms with Crippen LogP contribution >= 0.6 is 11.6 Å². The van der Waals surface area contributed by atoms with Crippen molar-refractivity contribution in [1.29, 1.82) is 0 Å². The molecule has 1 amide bonds. The summed E-state index contributed by atoms with van der Waals surface area (Å²) >= 11 is 5.96. The van der Waals surface area contributed by atoms with Gasteiger partial charge in [0.05, 0.1) is 16.8 Å². The zero-order valence-corrected chi connectivity index (χ0v) is 10.7. The molecule has 96 valence electrons. The van der Waals surface area contributed by atoms with E-state index in [1.54, 1.807) is 12.3 Å². The molecule has 0 spiro atoms. The SMILES string of the molecule is NCc1nc2c(ccc3c[nH]c(Cl)cc32)c1C(N)=O. The Hall–Kier alpha value is -2.11. The lowest BCUT2D eigenvalue weighted by Gasteiger charge is -2.01. The summed E-state index contributed by atoms with van der Waals surface area (Å²) < 4.78 is 0. The van der Waals surface area contributed by atoms with E-state index in [1.807, 2.05) is 12.1 Å². The zero-order valence-electron chi connectivity index (χ0n) is 9.90. The van der Waals surface area contributed by atoms with Gasteiger partial charge in [-0.2, -0.15) is 0 Å². The molecule has 0 atom stereocenters. The van der Waals surface area contributed by atoms with Crippen molar-refractivity contribution >= 4 is 39.2 Å². The first kappa shape index (κ1) is 12.0. The molecule has 2 heterocycles. The van der Waals surface area contributed by atoms with Crippen LogP contribution in [0.1, 0.15) is 16.1 Å². The molecule has 0 bridgehead atoms. The maximum atomic E-state index is 11.6. The van der Waals surface area contributed by atoms with Crippen LogP contribution in [0.2, 0.25) is 5.15 Å². The van der Waals surface area contributed by atoms with Crippen molar-refractivity contribution in [1.82, 2.24) is 9.97 Å². The average Bonchev–Trinajstić information content (AvgIpc) is 2.77. The van der Waals surface area contributed by atoms with Crippen molar-refractivity contribution in [2.24, 2.45) is 11.5 Å². The van der Waals surface area contributed by atoms with Gasteiger partial charge in [0.1, 0.15) is 5.15 Å². The Labute approximate surface area is 113 Å². The van der Waals surface area contributed by atoms with E-state index in [4.69, 9.17) is 23.1 Å². The molecule has 3 aromatic rings. The third-order valence-corrected chi connectivity index (χ3v) is 3.35. The van der Waals surface area contributed by atoms with E-state index in [1.165, 1.54) is 0 Å². The Morgan fingerprint density at radius 2 is 2.16 bits per heavy atom. The number of nitrogens with one attached hydrogen (secondary N) is 1. The third-order valence-electron chi connectivity index (χ3n) is 3.13. The van der Waals surface area contributed by atoms with Crippen molar-refractivity contribution in [2.45, 2.75) is 6.54 Å². The number of nitrogens with two attached hydrogens (primary N) is 2. The highest BCUT2D eigenvalue weighted by Crippen LogP contribution is 2.30. The van der Waals surface area contributed by atoms with Gasteiger partial charge >= 0.3 is 0 Å². The van der Waals surface area contributed by atoms with Gasteiger partial charge in [-0.15, -0.1) is 0 Å². The second-order valence-electron chi connectivity index (χ2n) is 4.25. The quantitative estimate of drug-likeness (QED) is 0.623. The van der Waals surface area contributed by atoms with Crippen LogP contribution in [0, 0.1) is 0 Å². The van der Waals surface area contributed by atoms with E-state index in [2.05, 4.69) is 9.97 Å². The van der Waals surface area contributed by atoms with Gasteiger partial charge in [0, 0.05) is 28.9 Å². The van der Waals surface area contributed by atoms with Gasteiger partial charge in [0.25, 0.3) is 5.91 Å². The first-order valence-electron chi connectivity index (χ1n) is 5.71. The van der Waals surface area contributed by atoms with Gasteiger partial charge in [0.15, 0.2) is 0 Å². The van der Waals surface area contributed by atoms with Gasteiger partial charge in [0.2, 0.25) is 0 Å². The number of pyridine rings is 1. The van der Waals surface area contributed by atoms with E-state index in [9.17, 15) is 4.79 Å². The van der Waals surface area contributed by atoms with E-state index < -0.39 is 5.91 Å². The molecule has 0 aliphatic heterocycles. The number of primary amides is 1. The monoisotopic (exact) mass is 274 g/mol. The molecule has 5 N–H and O–H groups in total. The Balaban J connectivity index is 2.49. The second kappa shape index (κ2) is 4.22. The topological polar surface area (TPSA) is 97.8 Å². The summed E-state index contributed by atoms with van der Waals surface area (Å²) in [6.45, 7) is 0.168. The van der Waals surface area contributed by atoms with Gasteiger partial charge in [-0.3, -0.25) is 4.79 Å². The van der Waals surface area contributed by atoms with E-state index >= 15 is 0 Å². The second-order valence-corrected chi connectivity index (χ2v) is 4.65.